The summed E-state index contributed by atoms with van der Waals surface area (Å²) in [7, 11) is 0. The average Bonchev–Trinajstić information content (AvgIpc) is 2.68. The predicted octanol–water partition coefficient (Wildman–Crippen LogP) is 2.73. The molecule has 1 amide bonds. The Morgan fingerprint density at radius 3 is 2.72 bits per heavy atom. The number of nitrogens with one attached hydrogen (secondary N) is 2. The van der Waals surface area contributed by atoms with Gasteiger partial charge < -0.3 is 15.0 Å². The third kappa shape index (κ3) is 6.31. The number of carbonyl (C=O) groups is 2. The number of hydrogen-bond donors (Lipinski definition) is 2. The summed E-state index contributed by atoms with van der Waals surface area (Å²) < 4.78 is 5.23. The zero-order chi connectivity index (χ0) is 21.4. The van der Waals surface area contributed by atoms with Crippen LogP contribution in [-0.4, -0.2) is 29.5 Å². The number of aromatic amines is 1. The SMILES string of the molecule is Cc1[nH]c(=O)c(C#N)c(C)c1CCC(=O)O[C@H](C)C(=O)NCCC1=CCCCC1. The van der Waals surface area contributed by atoms with Gasteiger partial charge >= 0.3 is 5.97 Å². The lowest BCUT2D eigenvalue weighted by atomic mass is 9.97. The number of H-pyrrole nitrogens is 1. The van der Waals surface area contributed by atoms with Gasteiger partial charge in [0.25, 0.3) is 11.5 Å². The van der Waals surface area contributed by atoms with Crippen LogP contribution < -0.4 is 10.9 Å². The standard InChI is InChI=1S/C22H29N3O4/c1-14-18(15(2)25-22(28)19(14)13-23)9-10-20(26)29-16(3)21(27)24-12-11-17-7-5-4-6-8-17/h7,16H,4-6,8-12H2,1-3H3,(H,24,27)(H,25,28)/t16-/m1/s1. The molecular weight excluding hydrogens is 370 g/mol. The Labute approximate surface area is 171 Å². The summed E-state index contributed by atoms with van der Waals surface area (Å²) in [6.07, 6.45) is 7.24. The van der Waals surface area contributed by atoms with E-state index in [2.05, 4.69) is 16.4 Å². The molecular formula is C22H29N3O4. The molecule has 156 valence electrons. The monoisotopic (exact) mass is 399 g/mol. The second-order valence-electron chi connectivity index (χ2n) is 7.45. The summed E-state index contributed by atoms with van der Waals surface area (Å²) >= 11 is 0. The normalized spacial score (nSPS) is 14.5. The number of ether oxygens (including phenoxy) is 1. The fourth-order valence-electron chi connectivity index (χ4n) is 3.58. The molecule has 1 aromatic heterocycles. The Balaban J connectivity index is 1.81. The van der Waals surface area contributed by atoms with Crippen LogP contribution in [0.25, 0.3) is 0 Å². The molecule has 1 aliphatic carbocycles. The van der Waals surface area contributed by atoms with Crippen molar-refractivity contribution >= 4 is 11.9 Å². The van der Waals surface area contributed by atoms with Crippen LogP contribution in [0.2, 0.25) is 0 Å². The van der Waals surface area contributed by atoms with Gasteiger partial charge in [-0.2, -0.15) is 5.26 Å². The van der Waals surface area contributed by atoms with E-state index in [0.29, 0.717) is 24.2 Å². The van der Waals surface area contributed by atoms with Crippen molar-refractivity contribution < 1.29 is 14.3 Å². The zero-order valence-corrected chi connectivity index (χ0v) is 17.4. The van der Waals surface area contributed by atoms with Gasteiger partial charge in [0.15, 0.2) is 6.10 Å². The first-order chi connectivity index (χ1) is 13.8. The molecule has 0 unspecified atom stereocenters. The average molecular weight is 399 g/mol. The van der Waals surface area contributed by atoms with E-state index < -0.39 is 17.6 Å². The summed E-state index contributed by atoms with van der Waals surface area (Å²) in [4.78, 5) is 38.7. The van der Waals surface area contributed by atoms with Crippen LogP contribution in [0.5, 0.6) is 0 Å². The highest BCUT2D eigenvalue weighted by Crippen LogP contribution is 2.19. The van der Waals surface area contributed by atoms with E-state index >= 15 is 0 Å². The number of aryl methyl sites for hydroxylation is 1. The number of amides is 1. The predicted molar refractivity (Wildman–Crippen MR) is 109 cm³/mol. The van der Waals surface area contributed by atoms with Crippen LogP contribution in [-0.2, 0) is 20.7 Å². The Morgan fingerprint density at radius 2 is 2.07 bits per heavy atom. The molecule has 0 saturated heterocycles. The molecule has 0 aliphatic heterocycles. The van der Waals surface area contributed by atoms with E-state index in [4.69, 9.17) is 10.00 Å². The van der Waals surface area contributed by atoms with Crippen molar-refractivity contribution in [2.45, 2.75) is 71.8 Å². The maximum atomic E-state index is 12.1. The minimum absolute atomic E-state index is 0.0554. The number of pyridine rings is 1. The summed E-state index contributed by atoms with van der Waals surface area (Å²) in [6, 6.07) is 1.89. The van der Waals surface area contributed by atoms with Gasteiger partial charge in [-0.3, -0.25) is 14.4 Å². The minimum Gasteiger partial charge on any atom is -0.453 e. The molecule has 1 aliphatic rings. The number of allylic oxidation sites excluding steroid dienone is 1. The molecule has 2 N–H and O–H groups in total. The van der Waals surface area contributed by atoms with Crippen LogP contribution in [0.4, 0.5) is 0 Å². The largest absolute Gasteiger partial charge is 0.453 e. The van der Waals surface area contributed by atoms with Crippen molar-refractivity contribution in [2.24, 2.45) is 0 Å². The molecule has 7 nitrogen and oxygen atoms in total. The van der Waals surface area contributed by atoms with Gasteiger partial charge in [-0.05, 0) is 70.4 Å². The number of nitrogens with zero attached hydrogens (tertiary/aromatic N) is 1. The number of carbonyl (C=O) groups excluding carboxylic acids is 2. The fraction of sp³-hybridized carbons (Fsp3) is 0.545. The molecule has 0 bridgehead atoms. The molecule has 1 aromatic rings. The Bertz CT molecular complexity index is 893. The van der Waals surface area contributed by atoms with Gasteiger partial charge in [0.2, 0.25) is 0 Å². The second-order valence-corrected chi connectivity index (χ2v) is 7.45. The number of hydrogen-bond acceptors (Lipinski definition) is 5. The highest BCUT2D eigenvalue weighted by Gasteiger charge is 2.19. The smallest absolute Gasteiger partial charge is 0.306 e. The summed E-state index contributed by atoms with van der Waals surface area (Å²) in [6.45, 7) is 5.52. The summed E-state index contributed by atoms with van der Waals surface area (Å²) in [5.41, 5.74) is 2.95. The minimum atomic E-state index is -0.865. The Hall–Kier alpha value is -2.88. The van der Waals surface area contributed by atoms with Crippen molar-refractivity contribution in [2.75, 3.05) is 6.54 Å². The van der Waals surface area contributed by atoms with Gasteiger partial charge in [0.05, 0.1) is 0 Å². The van der Waals surface area contributed by atoms with Gasteiger partial charge in [-0.1, -0.05) is 11.6 Å². The van der Waals surface area contributed by atoms with E-state index in [1.807, 2.05) is 6.07 Å². The van der Waals surface area contributed by atoms with Crippen LogP contribution >= 0.6 is 0 Å². The molecule has 1 atom stereocenters. The molecule has 2 rings (SSSR count). The summed E-state index contributed by atoms with van der Waals surface area (Å²) in [5.74, 6) is -0.802. The number of rotatable bonds is 8. The first kappa shape index (κ1) is 22.4. The molecule has 0 aromatic carbocycles. The summed E-state index contributed by atoms with van der Waals surface area (Å²) in [5, 5.41) is 11.9. The Kier molecular flexibility index (Phi) is 8.20. The lowest BCUT2D eigenvalue weighted by Gasteiger charge is -2.16. The lowest BCUT2D eigenvalue weighted by Crippen LogP contribution is -2.36. The van der Waals surface area contributed by atoms with Crippen LogP contribution in [0.15, 0.2) is 16.4 Å². The first-order valence-electron chi connectivity index (χ1n) is 10.1. The number of nitriles is 1. The van der Waals surface area contributed by atoms with E-state index in [1.165, 1.54) is 18.4 Å². The lowest BCUT2D eigenvalue weighted by molar-refractivity contribution is -0.154. The Morgan fingerprint density at radius 1 is 1.31 bits per heavy atom. The van der Waals surface area contributed by atoms with Crippen LogP contribution in [0.3, 0.4) is 0 Å². The topological polar surface area (TPSA) is 112 Å². The van der Waals surface area contributed by atoms with Crippen LogP contribution in [0.1, 0.15) is 67.8 Å². The third-order valence-corrected chi connectivity index (χ3v) is 5.31. The molecule has 0 radical (unpaired) electrons. The highest BCUT2D eigenvalue weighted by molar-refractivity contribution is 5.83. The van der Waals surface area contributed by atoms with Crippen molar-refractivity contribution in [1.82, 2.24) is 10.3 Å². The molecule has 7 heteroatoms. The van der Waals surface area contributed by atoms with E-state index in [9.17, 15) is 14.4 Å². The van der Waals surface area contributed by atoms with Gasteiger partial charge in [-0.15, -0.1) is 0 Å². The van der Waals surface area contributed by atoms with E-state index in [1.54, 1.807) is 20.8 Å². The van der Waals surface area contributed by atoms with Gasteiger partial charge in [0.1, 0.15) is 11.6 Å². The molecule has 0 saturated carbocycles. The van der Waals surface area contributed by atoms with Crippen molar-refractivity contribution in [3.63, 3.8) is 0 Å². The highest BCUT2D eigenvalue weighted by atomic mass is 16.5. The van der Waals surface area contributed by atoms with Gasteiger partial charge in [-0.25, -0.2) is 0 Å². The molecule has 0 spiro atoms. The van der Waals surface area contributed by atoms with Crippen molar-refractivity contribution in [3.8, 4) is 6.07 Å². The van der Waals surface area contributed by atoms with Crippen molar-refractivity contribution in [1.29, 1.82) is 5.26 Å². The van der Waals surface area contributed by atoms with E-state index in [0.717, 1.165) is 24.8 Å². The third-order valence-electron chi connectivity index (χ3n) is 5.31. The van der Waals surface area contributed by atoms with Crippen LogP contribution in [0, 0.1) is 25.2 Å². The van der Waals surface area contributed by atoms with Crippen molar-refractivity contribution in [3.05, 3.63) is 44.4 Å². The maximum Gasteiger partial charge on any atom is 0.306 e. The quantitative estimate of drug-likeness (QED) is 0.516. The zero-order valence-electron chi connectivity index (χ0n) is 17.4. The molecule has 1 heterocycles. The van der Waals surface area contributed by atoms with E-state index in [-0.39, 0.29) is 17.9 Å². The number of aromatic nitrogens is 1. The molecule has 0 fully saturated rings. The maximum absolute atomic E-state index is 12.1. The number of esters is 1. The first-order valence-corrected chi connectivity index (χ1v) is 10.1. The second kappa shape index (κ2) is 10.6. The molecule has 29 heavy (non-hydrogen) atoms. The fourth-order valence-corrected chi connectivity index (χ4v) is 3.58. The van der Waals surface area contributed by atoms with Gasteiger partial charge in [0, 0.05) is 18.7 Å².